The molecule has 0 aliphatic rings. The molecular formula is C13H15N5O. The van der Waals surface area contributed by atoms with E-state index in [1.807, 2.05) is 26.1 Å². The van der Waals surface area contributed by atoms with Gasteiger partial charge in [-0.2, -0.15) is 5.10 Å². The topological polar surface area (TPSA) is 68.2 Å². The molecule has 6 heteroatoms. The average molecular weight is 257 g/mol. The van der Waals surface area contributed by atoms with Crippen LogP contribution in [0.1, 0.15) is 30.0 Å². The Kier molecular flexibility index (Phi) is 2.70. The first kappa shape index (κ1) is 11.7. The minimum Gasteiger partial charge on any atom is -0.362 e. The Morgan fingerprint density at radius 1 is 1.32 bits per heavy atom. The molecule has 0 aliphatic heterocycles. The molecule has 1 unspecified atom stereocenters. The van der Waals surface area contributed by atoms with Crippen LogP contribution in [0, 0.1) is 13.8 Å². The lowest BCUT2D eigenvalue weighted by Gasteiger charge is -2.14. The molecule has 3 heterocycles. The number of nitrogens with one attached hydrogen (secondary N) is 1. The van der Waals surface area contributed by atoms with Crippen LogP contribution in [0.15, 0.2) is 29.2 Å². The summed E-state index contributed by atoms with van der Waals surface area (Å²) in [4.78, 5) is 4.37. The molecule has 1 N–H and O–H groups in total. The third kappa shape index (κ3) is 1.95. The zero-order valence-electron chi connectivity index (χ0n) is 11.1. The summed E-state index contributed by atoms with van der Waals surface area (Å²) in [7, 11) is 0. The highest BCUT2D eigenvalue weighted by Gasteiger charge is 2.17. The zero-order valence-corrected chi connectivity index (χ0v) is 11.1. The number of rotatable bonds is 3. The third-order valence-electron chi connectivity index (χ3n) is 3.20. The minimum atomic E-state index is 0.0693. The molecule has 0 aliphatic carbocycles. The second kappa shape index (κ2) is 4.38. The molecule has 98 valence electrons. The van der Waals surface area contributed by atoms with Gasteiger partial charge in [-0.1, -0.05) is 5.16 Å². The van der Waals surface area contributed by atoms with E-state index >= 15 is 0 Å². The van der Waals surface area contributed by atoms with Gasteiger partial charge in [-0.25, -0.2) is 9.50 Å². The molecule has 0 spiro atoms. The molecule has 0 radical (unpaired) electrons. The maximum Gasteiger partial charge on any atom is 0.152 e. The predicted molar refractivity (Wildman–Crippen MR) is 71.0 cm³/mol. The van der Waals surface area contributed by atoms with Gasteiger partial charge in [0.25, 0.3) is 0 Å². The molecule has 1 atom stereocenters. The molecule has 0 aromatic carbocycles. The summed E-state index contributed by atoms with van der Waals surface area (Å²) in [5.74, 6) is 1.63. The number of nitrogens with zero attached hydrogens (tertiary/aromatic N) is 4. The van der Waals surface area contributed by atoms with Crippen LogP contribution >= 0.6 is 0 Å². The fourth-order valence-electron chi connectivity index (χ4n) is 2.35. The molecule has 3 aromatic heterocycles. The second-order valence-electron chi connectivity index (χ2n) is 4.54. The predicted octanol–water partition coefficient (Wildman–Crippen LogP) is 2.51. The average Bonchev–Trinajstić information content (AvgIpc) is 2.97. The van der Waals surface area contributed by atoms with E-state index in [2.05, 4.69) is 27.5 Å². The molecule has 19 heavy (non-hydrogen) atoms. The van der Waals surface area contributed by atoms with E-state index in [-0.39, 0.29) is 6.04 Å². The van der Waals surface area contributed by atoms with Crippen molar-refractivity contribution in [3.63, 3.8) is 0 Å². The van der Waals surface area contributed by atoms with Gasteiger partial charge in [-0.3, -0.25) is 0 Å². The van der Waals surface area contributed by atoms with Crippen LogP contribution in [0.5, 0.6) is 0 Å². The molecule has 3 aromatic rings. The van der Waals surface area contributed by atoms with Crippen LogP contribution in [0.4, 0.5) is 5.82 Å². The van der Waals surface area contributed by atoms with Crippen molar-refractivity contribution >= 4 is 11.3 Å². The summed E-state index contributed by atoms with van der Waals surface area (Å²) in [6.07, 6.45) is 5.30. The SMILES string of the molecule is Cc1noc(C)c1C(C)Nc1nccn2nccc12. The zero-order chi connectivity index (χ0) is 13.4. The van der Waals surface area contributed by atoms with Crippen LogP contribution in [0.25, 0.3) is 5.52 Å². The van der Waals surface area contributed by atoms with Crippen molar-refractivity contribution < 1.29 is 4.52 Å². The van der Waals surface area contributed by atoms with Gasteiger partial charge in [0.15, 0.2) is 5.82 Å². The van der Waals surface area contributed by atoms with Crippen molar-refractivity contribution in [3.05, 3.63) is 41.7 Å². The maximum absolute atomic E-state index is 5.20. The first-order chi connectivity index (χ1) is 9.16. The van der Waals surface area contributed by atoms with Gasteiger partial charge in [0.2, 0.25) is 0 Å². The molecule has 0 saturated heterocycles. The normalized spacial score (nSPS) is 12.8. The third-order valence-corrected chi connectivity index (χ3v) is 3.20. The summed E-state index contributed by atoms with van der Waals surface area (Å²) in [5, 5.41) is 11.6. The van der Waals surface area contributed by atoms with Crippen LogP contribution in [-0.4, -0.2) is 19.8 Å². The van der Waals surface area contributed by atoms with E-state index in [1.165, 1.54) is 0 Å². The van der Waals surface area contributed by atoms with Gasteiger partial charge >= 0.3 is 0 Å². The molecule has 6 nitrogen and oxygen atoms in total. The van der Waals surface area contributed by atoms with E-state index < -0.39 is 0 Å². The molecule has 3 rings (SSSR count). The minimum absolute atomic E-state index is 0.0693. The lowest BCUT2D eigenvalue weighted by molar-refractivity contribution is 0.392. The van der Waals surface area contributed by atoms with Crippen molar-refractivity contribution in [2.24, 2.45) is 0 Å². The highest BCUT2D eigenvalue weighted by Crippen LogP contribution is 2.25. The quantitative estimate of drug-likeness (QED) is 0.780. The summed E-state index contributed by atoms with van der Waals surface area (Å²) in [6, 6.07) is 2.00. The molecule has 0 fully saturated rings. The molecular weight excluding hydrogens is 242 g/mol. The van der Waals surface area contributed by atoms with E-state index in [0.717, 1.165) is 28.4 Å². The first-order valence-corrected chi connectivity index (χ1v) is 6.14. The largest absolute Gasteiger partial charge is 0.362 e. The molecule has 0 amide bonds. The van der Waals surface area contributed by atoms with Crippen LogP contribution < -0.4 is 5.32 Å². The molecule has 0 saturated carbocycles. The number of hydrogen-bond donors (Lipinski definition) is 1. The van der Waals surface area contributed by atoms with Crippen molar-refractivity contribution in [2.45, 2.75) is 26.8 Å². The van der Waals surface area contributed by atoms with Gasteiger partial charge in [-0.15, -0.1) is 0 Å². The monoisotopic (exact) mass is 257 g/mol. The Balaban J connectivity index is 1.95. The number of anilines is 1. The smallest absolute Gasteiger partial charge is 0.152 e. The van der Waals surface area contributed by atoms with E-state index in [4.69, 9.17) is 4.52 Å². The number of aromatic nitrogens is 4. The fraction of sp³-hybridized carbons (Fsp3) is 0.308. The Hall–Kier alpha value is -2.37. The Labute approximate surface area is 110 Å². The van der Waals surface area contributed by atoms with E-state index in [9.17, 15) is 0 Å². The van der Waals surface area contributed by atoms with Gasteiger partial charge < -0.3 is 9.84 Å². The summed E-state index contributed by atoms with van der Waals surface area (Å²) in [6.45, 7) is 5.92. The van der Waals surface area contributed by atoms with Gasteiger partial charge in [-0.05, 0) is 26.8 Å². The lowest BCUT2D eigenvalue weighted by atomic mass is 10.1. The van der Waals surface area contributed by atoms with Crippen molar-refractivity contribution in [1.82, 2.24) is 19.8 Å². The Bertz CT molecular complexity index is 695. The first-order valence-electron chi connectivity index (χ1n) is 6.14. The highest BCUT2D eigenvalue weighted by atomic mass is 16.5. The lowest BCUT2D eigenvalue weighted by Crippen LogP contribution is -2.10. The highest BCUT2D eigenvalue weighted by molar-refractivity contribution is 5.67. The van der Waals surface area contributed by atoms with Crippen LogP contribution in [0.3, 0.4) is 0 Å². The van der Waals surface area contributed by atoms with Crippen LogP contribution in [-0.2, 0) is 0 Å². The van der Waals surface area contributed by atoms with E-state index in [0.29, 0.717) is 0 Å². The standard InChI is InChI=1S/C13H15N5O/c1-8(12-9(2)17-19-10(12)3)16-13-11-4-5-15-18(11)7-6-14-13/h4-8H,1-3H3,(H,14,16). The summed E-state index contributed by atoms with van der Waals surface area (Å²) >= 11 is 0. The van der Waals surface area contributed by atoms with Gasteiger partial charge in [0.1, 0.15) is 11.3 Å². The number of fused-ring (bicyclic) bond motifs is 1. The summed E-state index contributed by atoms with van der Waals surface area (Å²) < 4.78 is 6.99. The molecule has 0 bridgehead atoms. The number of aryl methyl sites for hydroxylation is 2. The Morgan fingerprint density at radius 2 is 2.16 bits per heavy atom. The number of hydrogen-bond acceptors (Lipinski definition) is 5. The van der Waals surface area contributed by atoms with Crippen molar-refractivity contribution in [1.29, 1.82) is 0 Å². The van der Waals surface area contributed by atoms with E-state index in [1.54, 1.807) is 16.9 Å². The van der Waals surface area contributed by atoms with Gasteiger partial charge in [0.05, 0.1) is 17.9 Å². The summed E-state index contributed by atoms with van der Waals surface area (Å²) in [5.41, 5.74) is 2.92. The van der Waals surface area contributed by atoms with Crippen LogP contribution in [0.2, 0.25) is 0 Å². The van der Waals surface area contributed by atoms with Crippen molar-refractivity contribution in [2.75, 3.05) is 5.32 Å². The van der Waals surface area contributed by atoms with Gasteiger partial charge in [0, 0.05) is 18.0 Å². The fourth-order valence-corrected chi connectivity index (χ4v) is 2.35. The maximum atomic E-state index is 5.20. The Morgan fingerprint density at radius 3 is 2.89 bits per heavy atom. The van der Waals surface area contributed by atoms with Crippen molar-refractivity contribution in [3.8, 4) is 0 Å². The second-order valence-corrected chi connectivity index (χ2v) is 4.54.